The van der Waals surface area contributed by atoms with E-state index in [0.717, 1.165) is 5.56 Å². The van der Waals surface area contributed by atoms with Gasteiger partial charge in [0.15, 0.2) is 11.6 Å². The van der Waals surface area contributed by atoms with E-state index in [0.29, 0.717) is 13.0 Å². The quantitative estimate of drug-likeness (QED) is 0.832. The Hall–Kier alpha value is -0.840. The van der Waals surface area contributed by atoms with Crippen molar-refractivity contribution in [3.63, 3.8) is 0 Å². The summed E-state index contributed by atoms with van der Waals surface area (Å²) in [6, 6.07) is 4.50. The van der Waals surface area contributed by atoms with Gasteiger partial charge in [-0.3, -0.25) is 0 Å². The van der Waals surface area contributed by atoms with Gasteiger partial charge in [0, 0.05) is 6.04 Å². The summed E-state index contributed by atoms with van der Waals surface area (Å²) < 4.78 is 18.0. The minimum absolute atomic E-state index is 0. The molecule has 1 aromatic rings. The van der Waals surface area contributed by atoms with Gasteiger partial charge in [-0.1, -0.05) is 6.07 Å². The molecule has 0 aliphatic carbocycles. The van der Waals surface area contributed by atoms with E-state index in [9.17, 15) is 4.39 Å². The van der Waals surface area contributed by atoms with Crippen LogP contribution >= 0.6 is 12.4 Å². The fourth-order valence-corrected chi connectivity index (χ4v) is 1.26. The number of hydrogen-bond acceptors (Lipinski definition) is 3. The SMILES string of the molecule is COc1ccc([C@H](N)CCN)cc1F.Cl. The van der Waals surface area contributed by atoms with Gasteiger partial charge in [-0.15, -0.1) is 12.4 Å². The van der Waals surface area contributed by atoms with Crippen LogP contribution in [0.2, 0.25) is 0 Å². The van der Waals surface area contributed by atoms with Crippen molar-refractivity contribution in [2.24, 2.45) is 11.5 Å². The molecule has 0 saturated heterocycles. The minimum atomic E-state index is -0.391. The number of nitrogens with two attached hydrogens (primary N) is 2. The highest BCUT2D eigenvalue weighted by molar-refractivity contribution is 5.85. The zero-order valence-corrected chi connectivity index (χ0v) is 9.39. The molecular formula is C10H16ClFN2O. The molecule has 0 spiro atoms. The van der Waals surface area contributed by atoms with E-state index in [1.54, 1.807) is 12.1 Å². The number of methoxy groups -OCH3 is 1. The van der Waals surface area contributed by atoms with Crippen molar-refractivity contribution in [1.29, 1.82) is 0 Å². The predicted octanol–water partition coefficient (Wildman–Crippen LogP) is 1.60. The van der Waals surface area contributed by atoms with Crippen LogP contribution in [-0.2, 0) is 0 Å². The van der Waals surface area contributed by atoms with Gasteiger partial charge in [0.25, 0.3) is 0 Å². The second-order valence-electron chi connectivity index (χ2n) is 3.08. The molecule has 0 aromatic heterocycles. The average Bonchev–Trinajstić information content (AvgIpc) is 2.18. The van der Waals surface area contributed by atoms with Crippen molar-refractivity contribution in [2.75, 3.05) is 13.7 Å². The molecule has 15 heavy (non-hydrogen) atoms. The Labute approximate surface area is 95.0 Å². The van der Waals surface area contributed by atoms with Gasteiger partial charge in [0.1, 0.15) is 0 Å². The number of ether oxygens (including phenoxy) is 1. The number of halogens is 2. The van der Waals surface area contributed by atoms with E-state index in [2.05, 4.69) is 0 Å². The second-order valence-corrected chi connectivity index (χ2v) is 3.08. The zero-order valence-electron chi connectivity index (χ0n) is 8.57. The fraction of sp³-hybridized carbons (Fsp3) is 0.400. The highest BCUT2D eigenvalue weighted by Crippen LogP contribution is 2.21. The number of rotatable bonds is 4. The summed E-state index contributed by atoms with van der Waals surface area (Å²) in [7, 11) is 1.43. The van der Waals surface area contributed by atoms with E-state index in [4.69, 9.17) is 16.2 Å². The third-order valence-corrected chi connectivity index (χ3v) is 2.08. The first-order chi connectivity index (χ1) is 6.69. The first-order valence-electron chi connectivity index (χ1n) is 4.48. The van der Waals surface area contributed by atoms with Crippen LogP contribution in [0.1, 0.15) is 18.0 Å². The summed E-state index contributed by atoms with van der Waals surface area (Å²) in [4.78, 5) is 0. The summed E-state index contributed by atoms with van der Waals surface area (Å²) in [6.07, 6.45) is 0.645. The van der Waals surface area contributed by atoms with Crippen molar-refractivity contribution in [1.82, 2.24) is 0 Å². The maximum atomic E-state index is 13.2. The van der Waals surface area contributed by atoms with Crippen LogP contribution < -0.4 is 16.2 Å². The largest absolute Gasteiger partial charge is 0.494 e. The standard InChI is InChI=1S/C10H15FN2O.ClH/c1-14-10-3-2-7(6-8(10)11)9(13)4-5-12;/h2-3,6,9H,4-5,12-13H2,1H3;1H/t9-;/m1./s1. The molecule has 0 unspecified atom stereocenters. The lowest BCUT2D eigenvalue weighted by Gasteiger charge is -2.11. The lowest BCUT2D eigenvalue weighted by molar-refractivity contribution is 0.385. The molecule has 86 valence electrons. The summed E-state index contributed by atoms with van der Waals surface area (Å²) >= 11 is 0. The maximum absolute atomic E-state index is 13.2. The lowest BCUT2D eigenvalue weighted by Crippen LogP contribution is -2.15. The van der Waals surface area contributed by atoms with E-state index in [1.165, 1.54) is 13.2 Å². The Kier molecular flexibility index (Phi) is 6.24. The van der Waals surface area contributed by atoms with Gasteiger partial charge >= 0.3 is 0 Å². The van der Waals surface area contributed by atoms with Crippen molar-refractivity contribution in [3.8, 4) is 5.75 Å². The minimum Gasteiger partial charge on any atom is -0.494 e. The first kappa shape index (κ1) is 14.2. The van der Waals surface area contributed by atoms with E-state index in [-0.39, 0.29) is 24.2 Å². The Morgan fingerprint density at radius 1 is 1.47 bits per heavy atom. The fourth-order valence-electron chi connectivity index (χ4n) is 1.26. The van der Waals surface area contributed by atoms with E-state index >= 15 is 0 Å². The Morgan fingerprint density at radius 2 is 2.13 bits per heavy atom. The van der Waals surface area contributed by atoms with Crippen LogP contribution in [0.4, 0.5) is 4.39 Å². The molecule has 1 rings (SSSR count). The Balaban J connectivity index is 0.00000196. The number of hydrogen-bond donors (Lipinski definition) is 2. The highest BCUT2D eigenvalue weighted by Gasteiger charge is 2.08. The van der Waals surface area contributed by atoms with Gasteiger partial charge in [-0.05, 0) is 30.7 Å². The van der Waals surface area contributed by atoms with Crippen molar-refractivity contribution in [3.05, 3.63) is 29.6 Å². The molecule has 0 amide bonds. The Morgan fingerprint density at radius 3 is 2.60 bits per heavy atom. The highest BCUT2D eigenvalue weighted by atomic mass is 35.5. The third kappa shape index (κ3) is 3.66. The van der Waals surface area contributed by atoms with Crippen LogP contribution in [0, 0.1) is 5.82 Å². The van der Waals surface area contributed by atoms with Gasteiger partial charge in [0.05, 0.1) is 7.11 Å². The molecule has 0 saturated carbocycles. The summed E-state index contributed by atoms with van der Waals surface area (Å²) in [6.45, 7) is 0.495. The molecule has 0 fully saturated rings. The van der Waals surface area contributed by atoms with Crippen LogP contribution in [-0.4, -0.2) is 13.7 Å². The van der Waals surface area contributed by atoms with E-state index < -0.39 is 5.82 Å². The smallest absolute Gasteiger partial charge is 0.165 e. The van der Waals surface area contributed by atoms with Crippen LogP contribution in [0.15, 0.2) is 18.2 Å². The van der Waals surface area contributed by atoms with Gasteiger partial charge in [-0.2, -0.15) is 0 Å². The van der Waals surface area contributed by atoms with E-state index in [1.807, 2.05) is 0 Å². The molecule has 4 N–H and O–H groups in total. The average molecular weight is 235 g/mol. The van der Waals surface area contributed by atoms with Crippen molar-refractivity contribution >= 4 is 12.4 Å². The molecule has 0 aliphatic rings. The molecule has 0 aliphatic heterocycles. The van der Waals surface area contributed by atoms with Gasteiger partial charge < -0.3 is 16.2 Å². The van der Waals surface area contributed by atoms with Crippen LogP contribution in [0.5, 0.6) is 5.75 Å². The second kappa shape index (κ2) is 6.61. The molecule has 3 nitrogen and oxygen atoms in total. The lowest BCUT2D eigenvalue weighted by atomic mass is 10.0. The number of benzene rings is 1. The molecule has 5 heteroatoms. The van der Waals surface area contributed by atoms with Gasteiger partial charge in [-0.25, -0.2) is 4.39 Å². The topological polar surface area (TPSA) is 61.3 Å². The zero-order chi connectivity index (χ0) is 10.6. The monoisotopic (exact) mass is 234 g/mol. The molecule has 0 radical (unpaired) electrons. The summed E-state index contributed by atoms with van der Waals surface area (Å²) in [5.41, 5.74) is 11.9. The maximum Gasteiger partial charge on any atom is 0.165 e. The molecule has 0 bridgehead atoms. The summed E-state index contributed by atoms with van der Waals surface area (Å²) in [5, 5.41) is 0. The third-order valence-electron chi connectivity index (χ3n) is 2.08. The normalized spacial score (nSPS) is 11.7. The molecular weight excluding hydrogens is 219 g/mol. The molecule has 1 atom stereocenters. The van der Waals surface area contributed by atoms with Crippen molar-refractivity contribution < 1.29 is 9.13 Å². The summed E-state index contributed by atoms with van der Waals surface area (Å²) in [5.74, 6) is -0.161. The van der Waals surface area contributed by atoms with Crippen molar-refractivity contribution in [2.45, 2.75) is 12.5 Å². The molecule has 0 heterocycles. The van der Waals surface area contributed by atoms with Crippen LogP contribution in [0.25, 0.3) is 0 Å². The predicted molar refractivity (Wildman–Crippen MR) is 60.8 cm³/mol. The van der Waals surface area contributed by atoms with Gasteiger partial charge in [0.2, 0.25) is 0 Å². The first-order valence-corrected chi connectivity index (χ1v) is 4.48. The van der Waals surface area contributed by atoms with Crippen LogP contribution in [0.3, 0.4) is 0 Å². The Bertz CT molecular complexity index is 309. The molecule has 1 aromatic carbocycles.